The number of hydrogen-bond donors (Lipinski definition) is 1. The van der Waals surface area contributed by atoms with E-state index < -0.39 is 0 Å². The molecule has 0 saturated heterocycles. The minimum atomic E-state index is 0.855. The molecule has 4 rings (SSSR count). The lowest BCUT2D eigenvalue weighted by molar-refractivity contribution is 0.508. The Morgan fingerprint density at radius 1 is 1.20 bits per heavy atom. The fraction of sp³-hybridized carbons (Fsp3) is 0.250. The Labute approximate surface area is 117 Å². The Bertz CT molecular complexity index is 788. The average molecular weight is 264 g/mol. The SMILES string of the molecule is Cc1ccc2cc(-c3cnc4n3CCNC4)ccc2n1. The number of aromatic nitrogens is 3. The summed E-state index contributed by atoms with van der Waals surface area (Å²) < 4.78 is 2.30. The quantitative estimate of drug-likeness (QED) is 0.734. The molecular weight excluding hydrogens is 248 g/mol. The van der Waals surface area contributed by atoms with Gasteiger partial charge in [0.15, 0.2) is 0 Å². The molecule has 4 heteroatoms. The number of hydrogen-bond acceptors (Lipinski definition) is 3. The molecule has 100 valence electrons. The van der Waals surface area contributed by atoms with Crippen LogP contribution in [0.15, 0.2) is 36.5 Å². The highest BCUT2D eigenvalue weighted by molar-refractivity contribution is 5.84. The molecule has 1 aliphatic heterocycles. The Morgan fingerprint density at radius 2 is 2.15 bits per heavy atom. The number of aryl methyl sites for hydroxylation is 1. The normalized spacial score (nSPS) is 14.4. The van der Waals surface area contributed by atoms with Crippen molar-refractivity contribution in [2.45, 2.75) is 20.0 Å². The lowest BCUT2D eigenvalue weighted by Crippen LogP contribution is -2.28. The summed E-state index contributed by atoms with van der Waals surface area (Å²) in [5.41, 5.74) is 4.51. The first-order valence-electron chi connectivity index (χ1n) is 6.94. The first-order chi connectivity index (χ1) is 9.81. The standard InChI is InChI=1S/C16H16N4/c1-11-2-3-12-8-13(4-5-14(12)19-11)15-9-18-16-10-17-6-7-20(15)16/h2-5,8-9,17H,6-7,10H2,1H3. The van der Waals surface area contributed by atoms with E-state index in [1.807, 2.05) is 13.1 Å². The van der Waals surface area contributed by atoms with E-state index in [-0.39, 0.29) is 0 Å². The van der Waals surface area contributed by atoms with E-state index >= 15 is 0 Å². The van der Waals surface area contributed by atoms with E-state index in [9.17, 15) is 0 Å². The summed E-state index contributed by atoms with van der Waals surface area (Å²) in [7, 11) is 0. The predicted octanol–water partition coefficient (Wildman–Crippen LogP) is 2.51. The topological polar surface area (TPSA) is 42.7 Å². The number of benzene rings is 1. The predicted molar refractivity (Wildman–Crippen MR) is 79.4 cm³/mol. The van der Waals surface area contributed by atoms with Gasteiger partial charge in [-0.15, -0.1) is 0 Å². The van der Waals surface area contributed by atoms with Crippen LogP contribution < -0.4 is 5.32 Å². The zero-order valence-corrected chi connectivity index (χ0v) is 11.4. The van der Waals surface area contributed by atoms with E-state index in [1.165, 1.54) is 16.6 Å². The minimum absolute atomic E-state index is 0.855. The lowest BCUT2D eigenvalue weighted by atomic mass is 10.1. The largest absolute Gasteiger partial charge is 0.326 e. The third kappa shape index (κ3) is 1.80. The van der Waals surface area contributed by atoms with Crippen LogP contribution in [0.2, 0.25) is 0 Å². The highest BCUT2D eigenvalue weighted by Gasteiger charge is 2.14. The number of nitrogens with zero attached hydrogens (tertiary/aromatic N) is 3. The molecule has 0 aliphatic carbocycles. The van der Waals surface area contributed by atoms with Crippen LogP contribution in [0.1, 0.15) is 11.5 Å². The maximum atomic E-state index is 4.55. The Balaban J connectivity index is 1.86. The zero-order valence-electron chi connectivity index (χ0n) is 11.4. The van der Waals surface area contributed by atoms with Gasteiger partial charge >= 0.3 is 0 Å². The van der Waals surface area contributed by atoms with Gasteiger partial charge in [0, 0.05) is 29.7 Å². The molecule has 0 unspecified atom stereocenters. The number of imidazole rings is 1. The number of nitrogens with one attached hydrogen (secondary N) is 1. The molecule has 3 heterocycles. The molecule has 3 aromatic rings. The molecule has 1 aliphatic rings. The highest BCUT2D eigenvalue weighted by atomic mass is 15.2. The van der Waals surface area contributed by atoms with Crippen LogP contribution in [0.25, 0.3) is 22.2 Å². The number of pyridine rings is 1. The fourth-order valence-corrected chi connectivity index (χ4v) is 2.81. The summed E-state index contributed by atoms with van der Waals surface area (Å²) in [6.45, 7) is 4.86. The Hall–Kier alpha value is -2.20. The van der Waals surface area contributed by atoms with Gasteiger partial charge in [-0.05, 0) is 25.1 Å². The summed E-state index contributed by atoms with van der Waals surface area (Å²) in [6.07, 6.45) is 1.98. The molecule has 20 heavy (non-hydrogen) atoms. The van der Waals surface area contributed by atoms with Crippen molar-refractivity contribution >= 4 is 10.9 Å². The smallest absolute Gasteiger partial charge is 0.123 e. The fourth-order valence-electron chi connectivity index (χ4n) is 2.81. The van der Waals surface area contributed by atoms with Crippen LogP contribution in [-0.2, 0) is 13.1 Å². The number of fused-ring (bicyclic) bond motifs is 2. The van der Waals surface area contributed by atoms with E-state index in [0.717, 1.165) is 36.7 Å². The summed E-state index contributed by atoms with van der Waals surface area (Å²) in [5, 5.41) is 4.53. The monoisotopic (exact) mass is 264 g/mol. The zero-order chi connectivity index (χ0) is 13.5. The van der Waals surface area contributed by atoms with Gasteiger partial charge in [-0.2, -0.15) is 0 Å². The Kier molecular flexibility index (Phi) is 2.57. The number of rotatable bonds is 1. The molecule has 0 spiro atoms. The van der Waals surface area contributed by atoms with Crippen LogP contribution in [0.4, 0.5) is 0 Å². The van der Waals surface area contributed by atoms with E-state index in [1.54, 1.807) is 0 Å². The maximum Gasteiger partial charge on any atom is 0.123 e. The van der Waals surface area contributed by atoms with Crippen molar-refractivity contribution in [2.24, 2.45) is 0 Å². The molecule has 0 saturated carbocycles. The Morgan fingerprint density at radius 3 is 3.10 bits per heavy atom. The third-order valence-corrected chi connectivity index (χ3v) is 3.86. The minimum Gasteiger partial charge on any atom is -0.326 e. The van der Waals surface area contributed by atoms with Gasteiger partial charge in [-0.25, -0.2) is 4.98 Å². The van der Waals surface area contributed by atoms with Gasteiger partial charge in [-0.1, -0.05) is 12.1 Å². The second-order valence-corrected chi connectivity index (χ2v) is 5.25. The van der Waals surface area contributed by atoms with Gasteiger partial charge in [0.25, 0.3) is 0 Å². The lowest BCUT2D eigenvalue weighted by Gasteiger charge is -2.17. The van der Waals surface area contributed by atoms with Crippen LogP contribution in [0.3, 0.4) is 0 Å². The van der Waals surface area contributed by atoms with Crippen molar-refractivity contribution in [3.05, 3.63) is 48.0 Å². The molecule has 1 N–H and O–H groups in total. The molecule has 2 aromatic heterocycles. The van der Waals surface area contributed by atoms with Crippen molar-refractivity contribution in [3.8, 4) is 11.3 Å². The van der Waals surface area contributed by atoms with Crippen LogP contribution in [0, 0.1) is 6.92 Å². The first-order valence-corrected chi connectivity index (χ1v) is 6.94. The second kappa shape index (κ2) is 4.42. The van der Waals surface area contributed by atoms with Crippen LogP contribution in [0.5, 0.6) is 0 Å². The molecule has 1 aromatic carbocycles. The summed E-state index contributed by atoms with van der Waals surface area (Å²) in [5.74, 6) is 1.12. The average Bonchev–Trinajstić information content (AvgIpc) is 2.91. The van der Waals surface area contributed by atoms with Crippen LogP contribution >= 0.6 is 0 Å². The molecule has 0 radical (unpaired) electrons. The molecular formula is C16H16N4. The van der Waals surface area contributed by atoms with Crippen molar-refractivity contribution < 1.29 is 0 Å². The van der Waals surface area contributed by atoms with Gasteiger partial charge in [0.1, 0.15) is 5.82 Å². The molecule has 0 atom stereocenters. The summed E-state index contributed by atoms with van der Waals surface area (Å²) in [4.78, 5) is 9.07. The maximum absolute atomic E-state index is 4.55. The van der Waals surface area contributed by atoms with Gasteiger partial charge in [0.05, 0.1) is 24.0 Å². The van der Waals surface area contributed by atoms with Gasteiger partial charge < -0.3 is 9.88 Å². The van der Waals surface area contributed by atoms with E-state index in [0.29, 0.717) is 0 Å². The van der Waals surface area contributed by atoms with Gasteiger partial charge in [0.2, 0.25) is 0 Å². The highest BCUT2D eigenvalue weighted by Crippen LogP contribution is 2.25. The van der Waals surface area contributed by atoms with Gasteiger partial charge in [-0.3, -0.25) is 4.98 Å². The van der Waals surface area contributed by atoms with Crippen molar-refractivity contribution in [1.29, 1.82) is 0 Å². The first kappa shape index (κ1) is 11.6. The van der Waals surface area contributed by atoms with E-state index in [2.05, 4.69) is 50.2 Å². The van der Waals surface area contributed by atoms with E-state index in [4.69, 9.17) is 0 Å². The molecule has 4 nitrogen and oxygen atoms in total. The molecule has 0 bridgehead atoms. The summed E-state index contributed by atoms with van der Waals surface area (Å²) >= 11 is 0. The molecule has 0 fully saturated rings. The van der Waals surface area contributed by atoms with Crippen molar-refractivity contribution in [1.82, 2.24) is 19.9 Å². The van der Waals surface area contributed by atoms with Crippen molar-refractivity contribution in [3.63, 3.8) is 0 Å². The van der Waals surface area contributed by atoms with Crippen LogP contribution in [-0.4, -0.2) is 21.1 Å². The van der Waals surface area contributed by atoms with Crippen molar-refractivity contribution in [2.75, 3.05) is 6.54 Å². The third-order valence-electron chi connectivity index (χ3n) is 3.86. The summed E-state index contributed by atoms with van der Waals surface area (Å²) in [6, 6.07) is 10.6. The molecule has 0 amide bonds. The second-order valence-electron chi connectivity index (χ2n) is 5.25.